The van der Waals surface area contributed by atoms with Crippen LogP contribution in [0.2, 0.25) is 5.02 Å². The van der Waals surface area contributed by atoms with Gasteiger partial charge in [-0.15, -0.1) is 0 Å². The maximum absolute atomic E-state index is 12.5. The lowest BCUT2D eigenvalue weighted by Gasteiger charge is -2.19. The molecular weight excluding hydrogens is 350 g/mol. The fourth-order valence-corrected chi connectivity index (χ4v) is 2.77. The van der Waals surface area contributed by atoms with E-state index < -0.39 is 0 Å². The molecule has 5 nitrogen and oxygen atoms in total. The van der Waals surface area contributed by atoms with Crippen LogP contribution in [-0.2, 0) is 11.8 Å². The van der Waals surface area contributed by atoms with Gasteiger partial charge in [0, 0.05) is 24.5 Å². The van der Waals surface area contributed by atoms with E-state index in [2.05, 4.69) is 10.3 Å². The Kier molecular flexibility index (Phi) is 5.58. The van der Waals surface area contributed by atoms with Crippen molar-refractivity contribution in [3.05, 3.63) is 82.9 Å². The molecule has 0 aliphatic heterocycles. The van der Waals surface area contributed by atoms with Crippen molar-refractivity contribution in [3.63, 3.8) is 0 Å². The molecule has 134 valence electrons. The molecule has 3 rings (SSSR count). The second-order valence-corrected chi connectivity index (χ2v) is 6.41. The smallest absolute Gasteiger partial charge is 0.258 e. The second-order valence-electron chi connectivity index (χ2n) is 6.01. The summed E-state index contributed by atoms with van der Waals surface area (Å²) in [4.78, 5) is 16.8. The van der Waals surface area contributed by atoms with Crippen LogP contribution in [0.4, 0.5) is 0 Å². The van der Waals surface area contributed by atoms with Crippen molar-refractivity contribution >= 4 is 17.5 Å². The molecule has 1 heterocycles. The first kappa shape index (κ1) is 18.0. The van der Waals surface area contributed by atoms with Crippen LogP contribution in [0, 0.1) is 6.92 Å². The number of carbonyl (C=O) groups excluding carboxylic acids is 1. The molecule has 0 aliphatic carbocycles. The minimum Gasteiger partial charge on any atom is -0.484 e. The zero-order valence-electron chi connectivity index (χ0n) is 14.6. The van der Waals surface area contributed by atoms with Crippen LogP contribution in [0.25, 0.3) is 0 Å². The molecular formula is C20H20ClN3O2. The zero-order chi connectivity index (χ0) is 18.5. The van der Waals surface area contributed by atoms with Crippen LogP contribution in [0.1, 0.15) is 23.0 Å². The third kappa shape index (κ3) is 4.24. The molecule has 0 saturated heterocycles. The maximum atomic E-state index is 12.5. The number of nitrogens with zero attached hydrogens (tertiary/aromatic N) is 2. The Bertz CT molecular complexity index is 893. The van der Waals surface area contributed by atoms with E-state index in [0.717, 1.165) is 17.0 Å². The van der Waals surface area contributed by atoms with Crippen molar-refractivity contribution in [2.45, 2.75) is 13.0 Å². The van der Waals surface area contributed by atoms with Crippen LogP contribution in [0.3, 0.4) is 0 Å². The van der Waals surface area contributed by atoms with Crippen molar-refractivity contribution in [1.82, 2.24) is 14.9 Å². The van der Waals surface area contributed by atoms with Gasteiger partial charge >= 0.3 is 0 Å². The number of rotatable bonds is 6. The number of hydrogen-bond acceptors (Lipinski definition) is 3. The Labute approximate surface area is 157 Å². The summed E-state index contributed by atoms with van der Waals surface area (Å²) in [6, 6.07) is 14.7. The lowest BCUT2D eigenvalue weighted by atomic mass is 10.1. The van der Waals surface area contributed by atoms with Crippen molar-refractivity contribution in [3.8, 4) is 5.75 Å². The standard InChI is InChI=1S/C20H20ClN3O2/c1-14-12-16(8-9-17(14)21)26-13-18(25)23-19(15-6-4-3-5-7-15)20-22-10-11-24(20)2/h3-12,19H,13H2,1-2H3,(H,23,25)/t19-/m1/s1. The summed E-state index contributed by atoms with van der Waals surface area (Å²) in [6.45, 7) is 1.80. The topological polar surface area (TPSA) is 56.1 Å². The lowest BCUT2D eigenvalue weighted by molar-refractivity contribution is -0.123. The van der Waals surface area contributed by atoms with E-state index in [4.69, 9.17) is 16.3 Å². The first-order valence-electron chi connectivity index (χ1n) is 8.25. The Morgan fingerprint density at radius 2 is 2.04 bits per heavy atom. The van der Waals surface area contributed by atoms with Crippen LogP contribution in [0.15, 0.2) is 60.9 Å². The summed E-state index contributed by atoms with van der Waals surface area (Å²) in [7, 11) is 1.90. The summed E-state index contributed by atoms with van der Waals surface area (Å²) >= 11 is 6.01. The SMILES string of the molecule is Cc1cc(OCC(=O)N[C@H](c2ccccc2)c2nccn2C)ccc1Cl. The number of carbonyl (C=O) groups is 1. The molecule has 6 heteroatoms. The Hall–Kier alpha value is -2.79. The highest BCUT2D eigenvalue weighted by molar-refractivity contribution is 6.31. The Morgan fingerprint density at radius 3 is 2.69 bits per heavy atom. The number of amides is 1. The van der Waals surface area contributed by atoms with Crippen LogP contribution in [0.5, 0.6) is 5.75 Å². The predicted molar refractivity (Wildman–Crippen MR) is 101 cm³/mol. The number of aryl methyl sites for hydroxylation is 2. The third-order valence-electron chi connectivity index (χ3n) is 4.05. The van der Waals surface area contributed by atoms with Gasteiger partial charge in [-0.2, -0.15) is 0 Å². The molecule has 0 radical (unpaired) electrons. The molecule has 1 N–H and O–H groups in total. The fourth-order valence-electron chi connectivity index (χ4n) is 2.66. The molecule has 26 heavy (non-hydrogen) atoms. The minimum atomic E-state index is -0.348. The lowest BCUT2D eigenvalue weighted by Crippen LogP contribution is -2.34. The highest BCUT2D eigenvalue weighted by Crippen LogP contribution is 2.22. The normalized spacial score (nSPS) is 11.8. The van der Waals surface area contributed by atoms with Crippen LogP contribution >= 0.6 is 11.6 Å². The number of hydrogen-bond donors (Lipinski definition) is 1. The molecule has 1 aromatic heterocycles. The Balaban J connectivity index is 1.71. The average Bonchev–Trinajstić information content (AvgIpc) is 3.07. The zero-order valence-corrected chi connectivity index (χ0v) is 15.4. The van der Waals surface area contributed by atoms with Crippen molar-refractivity contribution in [2.75, 3.05) is 6.61 Å². The summed E-state index contributed by atoms with van der Waals surface area (Å²) < 4.78 is 7.48. The highest BCUT2D eigenvalue weighted by Gasteiger charge is 2.20. The average molecular weight is 370 g/mol. The van der Waals surface area contributed by atoms with E-state index >= 15 is 0 Å². The van der Waals surface area contributed by atoms with Crippen molar-refractivity contribution in [1.29, 1.82) is 0 Å². The van der Waals surface area contributed by atoms with Gasteiger partial charge in [-0.05, 0) is 36.2 Å². The van der Waals surface area contributed by atoms with E-state index in [1.54, 1.807) is 18.3 Å². The van der Waals surface area contributed by atoms with Crippen molar-refractivity contribution < 1.29 is 9.53 Å². The summed E-state index contributed by atoms with van der Waals surface area (Å²) in [5.74, 6) is 1.14. The molecule has 0 fully saturated rings. The molecule has 0 spiro atoms. The summed E-state index contributed by atoms with van der Waals surface area (Å²) in [5, 5.41) is 3.67. The number of halogens is 1. The van der Waals surface area contributed by atoms with Crippen molar-refractivity contribution in [2.24, 2.45) is 7.05 Å². The number of imidazole rings is 1. The first-order chi connectivity index (χ1) is 12.5. The fraction of sp³-hybridized carbons (Fsp3) is 0.200. The molecule has 1 atom stereocenters. The van der Waals surface area contributed by atoms with E-state index in [9.17, 15) is 4.79 Å². The molecule has 1 amide bonds. The predicted octanol–water partition coefficient (Wildman–Crippen LogP) is 3.67. The van der Waals surface area contributed by atoms with E-state index in [1.807, 2.05) is 61.1 Å². The largest absolute Gasteiger partial charge is 0.484 e. The number of nitrogens with one attached hydrogen (secondary N) is 1. The van der Waals surface area contributed by atoms with Gasteiger partial charge in [0.15, 0.2) is 6.61 Å². The molecule has 2 aromatic carbocycles. The quantitative estimate of drug-likeness (QED) is 0.721. The molecule has 3 aromatic rings. The van der Waals surface area contributed by atoms with Gasteiger partial charge in [-0.25, -0.2) is 4.98 Å². The number of aromatic nitrogens is 2. The van der Waals surface area contributed by atoms with E-state index in [1.165, 1.54) is 0 Å². The monoisotopic (exact) mass is 369 g/mol. The van der Waals surface area contributed by atoms with Gasteiger partial charge in [-0.3, -0.25) is 4.79 Å². The minimum absolute atomic E-state index is 0.0885. The second kappa shape index (κ2) is 8.06. The molecule has 0 bridgehead atoms. The van der Waals surface area contributed by atoms with Gasteiger partial charge in [0.05, 0.1) is 0 Å². The maximum Gasteiger partial charge on any atom is 0.258 e. The van der Waals surface area contributed by atoms with Gasteiger partial charge < -0.3 is 14.6 Å². The number of ether oxygens (including phenoxy) is 1. The summed E-state index contributed by atoms with van der Waals surface area (Å²) in [6.07, 6.45) is 3.56. The first-order valence-corrected chi connectivity index (χ1v) is 8.63. The van der Waals surface area contributed by atoms with Gasteiger partial charge in [0.25, 0.3) is 5.91 Å². The van der Waals surface area contributed by atoms with Gasteiger partial charge in [0.1, 0.15) is 17.6 Å². The van der Waals surface area contributed by atoms with Crippen LogP contribution in [-0.4, -0.2) is 22.1 Å². The van der Waals surface area contributed by atoms with Crippen LogP contribution < -0.4 is 10.1 Å². The van der Waals surface area contributed by atoms with Gasteiger partial charge in [-0.1, -0.05) is 41.9 Å². The molecule has 0 aliphatic rings. The highest BCUT2D eigenvalue weighted by atomic mass is 35.5. The van der Waals surface area contributed by atoms with E-state index in [0.29, 0.717) is 10.8 Å². The Morgan fingerprint density at radius 1 is 1.27 bits per heavy atom. The van der Waals surface area contributed by atoms with E-state index in [-0.39, 0.29) is 18.6 Å². The third-order valence-corrected chi connectivity index (χ3v) is 4.48. The number of benzene rings is 2. The molecule has 0 saturated carbocycles. The summed E-state index contributed by atoms with van der Waals surface area (Å²) in [5.41, 5.74) is 1.86. The molecule has 0 unspecified atom stereocenters. The van der Waals surface area contributed by atoms with Gasteiger partial charge in [0.2, 0.25) is 0 Å².